The molecule has 2 aliphatic heterocycles. The molecule has 1 aromatic rings. The van der Waals surface area contributed by atoms with Crippen LogP contribution in [0.5, 0.6) is 0 Å². The van der Waals surface area contributed by atoms with Crippen LogP contribution in [0.4, 0.5) is 0 Å². The number of piperidine rings is 2. The van der Waals surface area contributed by atoms with Crippen molar-refractivity contribution in [2.24, 2.45) is 5.41 Å². The second kappa shape index (κ2) is 4.36. The highest BCUT2D eigenvalue weighted by Gasteiger charge is 2.73. The number of halogens is 2. The zero-order chi connectivity index (χ0) is 14.0. The van der Waals surface area contributed by atoms with Crippen molar-refractivity contribution in [1.82, 2.24) is 4.90 Å². The molecule has 108 valence electrons. The smallest absolute Gasteiger partial charge is 0.0660 e. The Bertz CT molecular complexity index is 563. The van der Waals surface area contributed by atoms with E-state index in [1.165, 1.54) is 38.0 Å². The maximum atomic E-state index is 6.24. The number of hydrogen-bond acceptors (Lipinski definition) is 2. The second-order valence-corrected chi connectivity index (χ2v) is 7.40. The predicted molar refractivity (Wildman–Crippen MR) is 81.7 cm³/mol. The molecule has 4 heteroatoms. The molecule has 2 unspecified atom stereocenters. The monoisotopic (exact) mass is 311 g/mol. The van der Waals surface area contributed by atoms with Gasteiger partial charge >= 0.3 is 0 Å². The number of methoxy groups -OCH3 is 1. The average molecular weight is 312 g/mol. The quantitative estimate of drug-likeness (QED) is 0.825. The van der Waals surface area contributed by atoms with Gasteiger partial charge in [-0.2, -0.15) is 0 Å². The van der Waals surface area contributed by atoms with E-state index in [1.54, 1.807) is 0 Å². The summed E-state index contributed by atoms with van der Waals surface area (Å²) in [6.07, 6.45) is 3.98. The number of fused-ring (bicyclic) bond motifs is 1. The van der Waals surface area contributed by atoms with E-state index in [1.807, 2.05) is 13.2 Å². The van der Waals surface area contributed by atoms with Crippen LogP contribution in [0, 0.1) is 5.41 Å². The van der Waals surface area contributed by atoms with Gasteiger partial charge in [0.15, 0.2) is 0 Å². The molecule has 0 aromatic heterocycles. The van der Waals surface area contributed by atoms with E-state index < -0.39 is 0 Å². The lowest BCUT2D eigenvalue weighted by Gasteiger charge is -2.46. The van der Waals surface area contributed by atoms with E-state index in [4.69, 9.17) is 27.9 Å². The van der Waals surface area contributed by atoms with Gasteiger partial charge in [-0.15, -0.1) is 0 Å². The fourth-order valence-electron chi connectivity index (χ4n) is 4.83. The Labute approximate surface area is 130 Å². The Morgan fingerprint density at radius 3 is 2.85 bits per heavy atom. The lowest BCUT2D eigenvalue weighted by Crippen LogP contribution is -2.53. The van der Waals surface area contributed by atoms with Crippen molar-refractivity contribution in [2.75, 3.05) is 26.7 Å². The first kappa shape index (κ1) is 13.4. The summed E-state index contributed by atoms with van der Waals surface area (Å²) in [5.74, 6) is 0. The fraction of sp³-hybridized carbons (Fsp3) is 0.625. The van der Waals surface area contributed by atoms with Crippen LogP contribution in [0.15, 0.2) is 18.2 Å². The average Bonchev–Trinajstić information content (AvgIpc) is 3.11. The third-order valence-electron chi connectivity index (χ3n) is 5.89. The molecule has 1 aliphatic carbocycles. The molecule has 2 bridgehead atoms. The number of benzene rings is 1. The summed E-state index contributed by atoms with van der Waals surface area (Å²) in [5.41, 5.74) is 1.92. The molecule has 2 heterocycles. The Morgan fingerprint density at radius 2 is 2.10 bits per heavy atom. The summed E-state index contributed by atoms with van der Waals surface area (Å²) in [5, 5.41) is 1.32. The number of hydrogen-bond donors (Lipinski definition) is 0. The van der Waals surface area contributed by atoms with Crippen LogP contribution < -0.4 is 0 Å². The van der Waals surface area contributed by atoms with E-state index in [9.17, 15) is 0 Å². The van der Waals surface area contributed by atoms with Gasteiger partial charge in [0.2, 0.25) is 0 Å². The van der Waals surface area contributed by atoms with Crippen molar-refractivity contribution in [3.05, 3.63) is 33.8 Å². The van der Waals surface area contributed by atoms with Gasteiger partial charge in [0.25, 0.3) is 0 Å². The Hall–Kier alpha value is -0.280. The van der Waals surface area contributed by atoms with Gasteiger partial charge in [-0.05, 0) is 43.5 Å². The summed E-state index contributed by atoms with van der Waals surface area (Å²) in [6, 6.07) is 6.19. The third kappa shape index (κ3) is 1.60. The molecule has 1 aromatic carbocycles. The van der Waals surface area contributed by atoms with Gasteiger partial charge in [0.05, 0.1) is 16.1 Å². The van der Waals surface area contributed by atoms with Gasteiger partial charge in [-0.3, -0.25) is 0 Å². The first-order valence-electron chi connectivity index (χ1n) is 7.32. The largest absolute Gasteiger partial charge is 0.381 e. The van der Waals surface area contributed by atoms with Crippen molar-refractivity contribution in [2.45, 2.75) is 30.8 Å². The highest BCUT2D eigenvalue weighted by atomic mass is 35.5. The molecule has 1 saturated carbocycles. The van der Waals surface area contributed by atoms with E-state index in [0.29, 0.717) is 21.6 Å². The zero-order valence-corrected chi connectivity index (χ0v) is 13.2. The van der Waals surface area contributed by atoms with Crippen LogP contribution in [0.1, 0.15) is 24.8 Å². The van der Waals surface area contributed by atoms with Crippen molar-refractivity contribution in [1.29, 1.82) is 0 Å². The molecule has 4 atom stereocenters. The third-order valence-corrected chi connectivity index (χ3v) is 6.63. The number of ether oxygens (including phenoxy) is 1. The van der Waals surface area contributed by atoms with Gasteiger partial charge in [-0.25, -0.2) is 0 Å². The Morgan fingerprint density at radius 1 is 1.25 bits per heavy atom. The molecule has 20 heavy (non-hydrogen) atoms. The van der Waals surface area contributed by atoms with Crippen molar-refractivity contribution in [3.63, 3.8) is 0 Å². The van der Waals surface area contributed by atoms with Crippen molar-refractivity contribution in [3.8, 4) is 0 Å². The lowest BCUT2D eigenvalue weighted by atomic mass is 9.74. The lowest BCUT2D eigenvalue weighted by molar-refractivity contribution is -0.0475. The van der Waals surface area contributed by atoms with Gasteiger partial charge in [0, 0.05) is 31.0 Å². The molecular formula is C16H19Cl2NO. The number of nitrogens with zero attached hydrogens (tertiary/aromatic N) is 1. The highest BCUT2D eigenvalue weighted by molar-refractivity contribution is 6.42. The minimum atomic E-state index is 0.263. The predicted octanol–water partition coefficient (Wildman–Crippen LogP) is 3.75. The fourth-order valence-corrected chi connectivity index (χ4v) is 5.13. The first-order valence-corrected chi connectivity index (χ1v) is 8.08. The van der Waals surface area contributed by atoms with Crippen molar-refractivity contribution >= 4 is 23.2 Å². The molecule has 3 fully saturated rings. The Kier molecular flexibility index (Phi) is 2.92. The van der Waals surface area contributed by atoms with Crippen LogP contribution in [0.2, 0.25) is 10.0 Å². The van der Waals surface area contributed by atoms with Gasteiger partial charge < -0.3 is 9.64 Å². The molecule has 3 aliphatic rings. The minimum absolute atomic E-state index is 0.263. The molecule has 0 N–H and O–H groups in total. The van der Waals surface area contributed by atoms with Crippen LogP contribution in [-0.4, -0.2) is 37.7 Å². The molecular weight excluding hydrogens is 293 g/mol. The van der Waals surface area contributed by atoms with E-state index >= 15 is 0 Å². The summed E-state index contributed by atoms with van der Waals surface area (Å²) in [7, 11) is 1.86. The molecule has 2 nitrogen and oxygen atoms in total. The van der Waals surface area contributed by atoms with Crippen LogP contribution >= 0.6 is 23.2 Å². The van der Waals surface area contributed by atoms with Crippen LogP contribution in [0.3, 0.4) is 0 Å². The summed E-state index contributed by atoms with van der Waals surface area (Å²) >= 11 is 12.3. The Balaban J connectivity index is 1.76. The molecule has 4 rings (SSSR count). The SMILES string of the molecule is COC1CCN2CC[C@@]3(c4ccc(Cl)c(Cl)c4)C[C@]13C2. The number of rotatable bonds is 2. The van der Waals surface area contributed by atoms with Crippen molar-refractivity contribution < 1.29 is 4.74 Å². The van der Waals surface area contributed by atoms with E-state index in [2.05, 4.69) is 17.0 Å². The molecule has 0 amide bonds. The van der Waals surface area contributed by atoms with E-state index in [0.717, 1.165) is 6.42 Å². The van der Waals surface area contributed by atoms with Crippen LogP contribution in [0.25, 0.3) is 0 Å². The van der Waals surface area contributed by atoms with Gasteiger partial charge in [0.1, 0.15) is 0 Å². The first-order chi connectivity index (χ1) is 9.61. The van der Waals surface area contributed by atoms with E-state index in [-0.39, 0.29) is 5.41 Å². The summed E-state index contributed by atoms with van der Waals surface area (Å²) in [6.45, 7) is 3.54. The highest BCUT2D eigenvalue weighted by Crippen LogP contribution is 2.72. The van der Waals surface area contributed by atoms with Crippen LogP contribution in [-0.2, 0) is 10.2 Å². The molecule has 0 radical (unpaired) electrons. The normalized spacial score (nSPS) is 42.1. The topological polar surface area (TPSA) is 12.5 Å². The maximum absolute atomic E-state index is 6.24. The standard InChI is InChI=1S/C16H19Cl2NO/c1-20-14-4-6-19-7-5-15(9-16(14,15)10-19)11-2-3-12(17)13(18)8-11/h2-3,8,14H,4-7,9-10H2,1H3/t14?,15-,16-/m0/s1. The minimum Gasteiger partial charge on any atom is -0.381 e. The van der Waals surface area contributed by atoms with Gasteiger partial charge in [-0.1, -0.05) is 29.3 Å². The molecule has 1 spiro atoms. The molecule has 2 saturated heterocycles. The summed E-state index contributed by atoms with van der Waals surface area (Å²) < 4.78 is 5.84. The summed E-state index contributed by atoms with van der Waals surface area (Å²) in [4.78, 5) is 2.60. The maximum Gasteiger partial charge on any atom is 0.0660 e. The zero-order valence-electron chi connectivity index (χ0n) is 11.7. The second-order valence-electron chi connectivity index (χ2n) is 6.58.